The molecule has 3 aromatic rings. The minimum Gasteiger partial charge on any atom is -0.508 e. The normalized spacial score (nSPS) is 21.8. The lowest BCUT2D eigenvalue weighted by molar-refractivity contribution is -0.0209. The maximum Gasteiger partial charge on any atom is 0.183 e. The molecule has 5 nitrogen and oxygen atoms in total. The van der Waals surface area contributed by atoms with Crippen molar-refractivity contribution in [1.29, 1.82) is 0 Å². The number of nitrogens with one attached hydrogen (secondary N) is 1. The van der Waals surface area contributed by atoms with Crippen LogP contribution in [0.25, 0.3) is 22.4 Å². The number of hydrogen-bond acceptors (Lipinski definition) is 5. The van der Waals surface area contributed by atoms with E-state index in [0.717, 1.165) is 61.5 Å². The first kappa shape index (κ1) is 24.7. The summed E-state index contributed by atoms with van der Waals surface area (Å²) in [6.45, 7) is 8.64. The summed E-state index contributed by atoms with van der Waals surface area (Å²) in [4.78, 5) is 7.85. The largest absolute Gasteiger partial charge is 0.508 e. The van der Waals surface area contributed by atoms with Crippen molar-refractivity contribution in [2.24, 2.45) is 0 Å². The van der Waals surface area contributed by atoms with Gasteiger partial charge >= 0.3 is 0 Å². The summed E-state index contributed by atoms with van der Waals surface area (Å²) in [5.41, 5.74) is 7.88. The first-order valence-corrected chi connectivity index (χ1v) is 14.9. The standard InChI is InChI=1S/C34H39N3O2/c1-3-6-31-30-19-25(22(2)38)13-14-32(30)39-34(36-31)15-17-37(18-16-34)21-26-20-29(23-7-4-8-23)28-10-5-9-27(24-11-12-24)33(28)35-26/h5-6,9-10,13-14,19-20,23-24,36,38H,2-4,7-8,11-12,15-18,21H2,1H3/b31-6+. The van der Waals surface area contributed by atoms with Crippen LogP contribution in [0.5, 0.6) is 5.75 Å². The van der Waals surface area contributed by atoms with E-state index in [1.54, 1.807) is 0 Å². The summed E-state index contributed by atoms with van der Waals surface area (Å²) in [7, 11) is 0. The Kier molecular flexibility index (Phi) is 6.15. The molecule has 0 atom stereocenters. The number of aliphatic hydroxyl groups is 1. The smallest absolute Gasteiger partial charge is 0.183 e. The lowest BCUT2D eigenvalue weighted by atomic mass is 9.78. The molecule has 4 aliphatic rings. The molecule has 2 aliphatic heterocycles. The van der Waals surface area contributed by atoms with Crippen molar-refractivity contribution < 1.29 is 9.84 Å². The average molecular weight is 522 g/mol. The molecule has 0 unspecified atom stereocenters. The van der Waals surface area contributed by atoms with Gasteiger partial charge in [-0.2, -0.15) is 0 Å². The third kappa shape index (κ3) is 4.61. The second-order valence-electron chi connectivity index (χ2n) is 12.0. The number of hydrogen-bond donors (Lipinski definition) is 2. The fourth-order valence-corrected chi connectivity index (χ4v) is 6.67. The monoisotopic (exact) mass is 521 g/mol. The molecule has 1 spiro atoms. The Hall–Kier alpha value is -3.31. The minimum absolute atomic E-state index is 0.0780. The number of ether oxygens (including phenoxy) is 1. The van der Waals surface area contributed by atoms with E-state index < -0.39 is 5.72 Å². The van der Waals surface area contributed by atoms with E-state index in [-0.39, 0.29) is 5.76 Å². The second kappa shape index (κ2) is 9.71. The molecule has 39 heavy (non-hydrogen) atoms. The third-order valence-corrected chi connectivity index (χ3v) is 9.25. The summed E-state index contributed by atoms with van der Waals surface area (Å²) in [6, 6.07) is 15.1. The van der Waals surface area contributed by atoms with E-state index in [1.807, 2.05) is 18.2 Å². The summed E-state index contributed by atoms with van der Waals surface area (Å²) >= 11 is 0. The lowest BCUT2D eigenvalue weighted by Gasteiger charge is -2.46. The van der Waals surface area contributed by atoms with Crippen molar-refractivity contribution in [3.63, 3.8) is 0 Å². The Morgan fingerprint density at radius 2 is 1.90 bits per heavy atom. The van der Waals surface area contributed by atoms with E-state index in [4.69, 9.17) is 9.72 Å². The van der Waals surface area contributed by atoms with Crippen LogP contribution in [-0.2, 0) is 6.54 Å². The molecule has 2 aliphatic carbocycles. The summed E-state index contributed by atoms with van der Waals surface area (Å²) in [5.74, 6) is 2.35. The van der Waals surface area contributed by atoms with Gasteiger partial charge in [0.2, 0.25) is 0 Å². The molecule has 5 heteroatoms. The first-order chi connectivity index (χ1) is 19.0. The number of fused-ring (bicyclic) bond motifs is 2. The Morgan fingerprint density at radius 3 is 2.59 bits per heavy atom. The van der Waals surface area contributed by atoms with Gasteiger partial charge in [0.15, 0.2) is 5.72 Å². The number of rotatable bonds is 6. The van der Waals surface area contributed by atoms with Crippen molar-refractivity contribution in [2.75, 3.05) is 13.1 Å². The molecule has 3 heterocycles. The highest BCUT2D eigenvalue weighted by Gasteiger charge is 2.41. The van der Waals surface area contributed by atoms with Crippen LogP contribution < -0.4 is 10.1 Å². The number of para-hydroxylation sites is 1. The van der Waals surface area contributed by atoms with Crippen molar-refractivity contribution in [3.8, 4) is 5.75 Å². The zero-order valence-electron chi connectivity index (χ0n) is 23.0. The van der Waals surface area contributed by atoms with Crippen LogP contribution >= 0.6 is 0 Å². The molecule has 0 radical (unpaired) electrons. The van der Waals surface area contributed by atoms with E-state index in [0.29, 0.717) is 11.8 Å². The van der Waals surface area contributed by atoms with Gasteiger partial charge in [0.05, 0.1) is 11.2 Å². The Morgan fingerprint density at radius 1 is 1.10 bits per heavy atom. The molecule has 2 saturated carbocycles. The molecular formula is C34H39N3O2. The summed E-state index contributed by atoms with van der Waals surface area (Å²) in [5, 5.41) is 15.1. The minimum atomic E-state index is -0.407. The van der Waals surface area contributed by atoms with E-state index in [1.165, 1.54) is 59.8 Å². The van der Waals surface area contributed by atoms with Crippen molar-refractivity contribution in [3.05, 3.63) is 83.1 Å². The fraction of sp³-hybridized carbons (Fsp3) is 0.441. The van der Waals surface area contributed by atoms with Crippen LogP contribution in [0.3, 0.4) is 0 Å². The molecule has 2 N–H and O–H groups in total. The predicted molar refractivity (Wildman–Crippen MR) is 158 cm³/mol. The first-order valence-electron chi connectivity index (χ1n) is 14.9. The van der Waals surface area contributed by atoms with Gasteiger partial charge in [0.25, 0.3) is 0 Å². The highest BCUT2D eigenvalue weighted by Crippen LogP contribution is 2.46. The molecule has 0 amide bonds. The molecule has 202 valence electrons. The van der Waals surface area contributed by atoms with E-state index >= 15 is 0 Å². The van der Waals surface area contributed by atoms with Gasteiger partial charge in [-0.3, -0.25) is 9.88 Å². The Bertz CT molecular complexity index is 1460. The average Bonchev–Trinajstić information content (AvgIpc) is 3.74. The predicted octanol–water partition coefficient (Wildman–Crippen LogP) is 7.63. The number of aromatic nitrogens is 1. The number of nitrogens with zero attached hydrogens (tertiary/aromatic N) is 2. The number of pyridine rings is 1. The molecular weight excluding hydrogens is 482 g/mol. The van der Waals surface area contributed by atoms with Gasteiger partial charge in [0, 0.05) is 54.7 Å². The second-order valence-corrected chi connectivity index (χ2v) is 12.0. The quantitative estimate of drug-likeness (QED) is 0.327. The summed E-state index contributed by atoms with van der Waals surface area (Å²) < 4.78 is 6.64. The SMILES string of the molecule is C=C(O)c1ccc2c(c1)/C(=C\CC)NC1(CCN(Cc3cc(C4CCC4)c4cccc(C5CC5)c4n3)CC1)O2. The lowest BCUT2D eigenvalue weighted by Crippen LogP contribution is -2.58. The van der Waals surface area contributed by atoms with Gasteiger partial charge in [-0.05, 0) is 79.3 Å². The molecule has 7 rings (SSSR count). The van der Waals surface area contributed by atoms with Gasteiger partial charge in [-0.15, -0.1) is 0 Å². The zero-order valence-corrected chi connectivity index (χ0v) is 23.0. The van der Waals surface area contributed by atoms with Crippen LogP contribution in [0.4, 0.5) is 0 Å². The van der Waals surface area contributed by atoms with Crippen molar-refractivity contribution >= 4 is 22.4 Å². The van der Waals surface area contributed by atoms with Gasteiger partial charge < -0.3 is 15.2 Å². The van der Waals surface area contributed by atoms with E-state index in [9.17, 15) is 5.11 Å². The number of likely N-dealkylation sites (tertiary alicyclic amines) is 1. The van der Waals surface area contributed by atoms with Gasteiger partial charge in [-0.25, -0.2) is 0 Å². The molecule has 1 saturated heterocycles. The number of allylic oxidation sites excluding steroid dienone is 1. The van der Waals surface area contributed by atoms with Crippen LogP contribution in [0.2, 0.25) is 0 Å². The maximum absolute atomic E-state index is 9.92. The van der Waals surface area contributed by atoms with Gasteiger partial charge in [-0.1, -0.05) is 44.2 Å². The topological polar surface area (TPSA) is 57.6 Å². The number of aliphatic hydroxyl groups excluding tert-OH is 1. The maximum atomic E-state index is 9.92. The molecule has 2 aromatic carbocycles. The number of piperidine rings is 1. The number of benzene rings is 2. The third-order valence-electron chi connectivity index (χ3n) is 9.25. The fourth-order valence-electron chi connectivity index (χ4n) is 6.67. The Labute approximate surface area is 231 Å². The molecule has 0 bridgehead atoms. The van der Waals surface area contributed by atoms with E-state index in [2.05, 4.69) is 54.1 Å². The van der Waals surface area contributed by atoms with Crippen LogP contribution in [-0.4, -0.2) is 33.8 Å². The van der Waals surface area contributed by atoms with Gasteiger partial charge in [0.1, 0.15) is 11.5 Å². The van der Waals surface area contributed by atoms with Crippen LogP contribution in [0.15, 0.2) is 55.1 Å². The van der Waals surface area contributed by atoms with Crippen LogP contribution in [0, 0.1) is 0 Å². The van der Waals surface area contributed by atoms with Crippen LogP contribution in [0.1, 0.15) is 98.1 Å². The highest BCUT2D eigenvalue weighted by molar-refractivity contribution is 5.86. The zero-order chi connectivity index (χ0) is 26.6. The highest BCUT2D eigenvalue weighted by atomic mass is 16.5. The molecule has 1 aromatic heterocycles. The summed E-state index contributed by atoms with van der Waals surface area (Å²) in [6.07, 6.45) is 11.5. The van der Waals surface area contributed by atoms with Crippen molar-refractivity contribution in [1.82, 2.24) is 15.2 Å². The Balaban J connectivity index is 1.12. The molecule has 3 fully saturated rings. The van der Waals surface area contributed by atoms with Crippen molar-refractivity contribution in [2.45, 2.75) is 82.4 Å².